The molecule has 0 aliphatic carbocycles. The molecule has 1 unspecified atom stereocenters. The van der Waals surface area contributed by atoms with Gasteiger partial charge in [-0.15, -0.1) is 0 Å². The second-order valence-electron chi connectivity index (χ2n) is 35.3. The van der Waals surface area contributed by atoms with Crippen LogP contribution in [0.1, 0.15) is 217 Å². The number of likely N-dealkylation sites (tertiary alicyclic amines) is 1. The predicted octanol–water partition coefficient (Wildman–Crippen LogP) is 7.18. The lowest BCUT2D eigenvalue weighted by molar-refractivity contribution is -0.149. The molecule has 0 radical (unpaired) electrons. The molecule has 14 atom stereocenters. The number of benzene rings is 3. The van der Waals surface area contributed by atoms with Gasteiger partial charge in [0.15, 0.2) is 29.4 Å². The first kappa shape index (κ1) is 115. The summed E-state index contributed by atoms with van der Waals surface area (Å²) in [5, 5.41) is 41.0. The highest BCUT2D eigenvalue weighted by atomic mass is 16.6. The number of carbonyl (C=O) groups excluding carboxylic acids is 15. The van der Waals surface area contributed by atoms with Crippen LogP contribution in [0.2, 0.25) is 0 Å². The van der Waals surface area contributed by atoms with E-state index < -0.39 is 175 Å². The Balaban J connectivity index is 1.29. The lowest BCUT2D eigenvalue weighted by atomic mass is 9.83. The number of hydrogen-bond acceptors (Lipinski definition) is 26. The molecule has 12 N–H and O–H groups in total. The second kappa shape index (κ2) is 60.8. The van der Waals surface area contributed by atoms with E-state index in [1.165, 1.54) is 26.2 Å². The van der Waals surface area contributed by atoms with Crippen LogP contribution < -0.4 is 38.2 Å². The Labute approximate surface area is 784 Å². The Morgan fingerprint density at radius 3 is 1.78 bits per heavy atom. The Bertz CT molecular complexity index is 4320. The molecule has 1 heterocycles. The number of methoxy groups -OCH3 is 2. The zero-order valence-electron chi connectivity index (χ0n) is 79.7. The number of nitrogens with zero attached hydrogens (tertiary/aromatic N) is 3. The van der Waals surface area contributed by atoms with Gasteiger partial charge in [-0.1, -0.05) is 154 Å². The molecule has 1 saturated heterocycles. The molecule has 0 aromatic heterocycles. The molecule has 1 fully saturated rings. The fourth-order valence-electron chi connectivity index (χ4n) is 16.4. The van der Waals surface area contributed by atoms with Gasteiger partial charge in [0.05, 0.1) is 81.0 Å². The number of Topliss-reactive ketones (excluding diaryl/α,β-unsaturated/α-hetero) is 6. The molecule has 0 spiro atoms. The smallest absolute Gasteiger partial charge is 0.410 e. The second-order valence-corrected chi connectivity index (χ2v) is 35.3. The summed E-state index contributed by atoms with van der Waals surface area (Å²) in [6.45, 7) is 16.4. The van der Waals surface area contributed by atoms with E-state index in [9.17, 15) is 96.5 Å². The number of amides is 9. The summed E-state index contributed by atoms with van der Waals surface area (Å²) in [4.78, 5) is 245. The molecule has 3 aromatic carbocycles. The van der Waals surface area contributed by atoms with Crippen molar-refractivity contribution in [3.63, 3.8) is 0 Å². The third-order valence-corrected chi connectivity index (χ3v) is 24.2. The number of ether oxygens (including phenoxy) is 6. The third kappa shape index (κ3) is 40.5. The number of nitrogens with one attached hydrogen (secondary N) is 5. The molecule has 3 aromatic rings. The molecular formula is C96H142N10O28. The monoisotopic (exact) mass is 1880 g/mol. The lowest BCUT2D eigenvalue weighted by Crippen LogP contribution is -2.54. The Morgan fingerprint density at radius 2 is 1.19 bits per heavy atom. The number of likely N-dealkylation sites (N-methyl/N-ethyl adjacent to an activating group) is 2. The number of primary amides is 1. The number of carboxylic acid groups (broad SMARTS) is 3. The zero-order valence-corrected chi connectivity index (χ0v) is 79.7. The van der Waals surface area contributed by atoms with Crippen LogP contribution in [-0.4, -0.2) is 266 Å². The van der Waals surface area contributed by atoms with Gasteiger partial charge in [0.25, 0.3) is 6.47 Å². The minimum atomic E-state index is -1.50. The van der Waals surface area contributed by atoms with E-state index in [0.29, 0.717) is 67.3 Å². The number of ketones is 6. The van der Waals surface area contributed by atoms with Gasteiger partial charge in [-0.2, -0.15) is 0 Å². The number of rotatable bonds is 69. The molecule has 1 aliphatic rings. The topological polar surface area (TPSA) is 554 Å². The van der Waals surface area contributed by atoms with E-state index in [1.807, 2.05) is 58.0 Å². The Kier molecular flexibility index (Phi) is 52.2. The number of nitrogens with two attached hydrogens (primary N) is 2. The molecule has 1 aliphatic heterocycles. The summed E-state index contributed by atoms with van der Waals surface area (Å²) in [6.07, 6.45) is -3.46. The summed E-state index contributed by atoms with van der Waals surface area (Å²) in [5.41, 5.74) is 8.21. The highest BCUT2D eigenvalue weighted by molar-refractivity contribution is 5.97. The van der Waals surface area contributed by atoms with E-state index in [2.05, 4.69) is 36.2 Å². The maximum absolute atomic E-state index is 15.0. The van der Waals surface area contributed by atoms with Crippen LogP contribution in [0.5, 0.6) is 0 Å². The number of unbranched alkanes of at least 4 members (excludes halogenated alkanes) is 1. The number of hydrogen-bond donors (Lipinski definition) is 10. The number of carboxylic acids is 3. The van der Waals surface area contributed by atoms with Crippen molar-refractivity contribution in [3.8, 4) is 0 Å². The maximum atomic E-state index is 15.0. The number of aliphatic carboxylic acids is 3. The van der Waals surface area contributed by atoms with Gasteiger partial charge in [-0.05, 0) is 97.3 Å². The highest BCUT2D eigenvalue weighted by Gasteiger charge is 2.45. The van der Waals surface area contributed by atoms with Crippen molar-refractivity contribution in [2.45, 2.75) is 265 Å². The van der Waals surface area contributed by atoms with Gasteiger partial charge in [-0.3, -0.25) is 76.8 Å². The minimum Gasteiger partial charge on any atom is -0.481 e. The van der Waals surface area contributed by atoms with Gasteiger partial charge in [-0.25, -0.2) is 20.3 Å². The Morgan fingerprint density at radius 1 is 0.575 bits per heavy atom. The van der Waals surface area contributed by atoms with Crippen molar-refractivity contribution in [2.75, 3.05) is 74.4 Å². The van der Waals surface area contributed by atoms with Gasteiger partial charge >= 0.3 is 30.0 Å². The number of urea groups is 1. The SMILES string of the molecule is CC[C@H](C)[C@@H]([C@@H](CC(=O)N1CCC[C@H]1[C@H](OC)[C@@H](C)C(=O)C[C@@H](Cc1ccccc1)C(=O)O)OC)N(C)C(=O)[C@@H](CC(=O)[C@H](C(C)C)N(C)C(=O)OCc1ccc(CC(=O)[C@H](CCCCC(N)=O)NC(=O)[C@@H](CC(=O)C(CCC(=O)NCCOCCOCCCC(=O)c2ccc(CC(=O)CC[C@H](NC(=O)N[C@@H](CCC(=O)O)OC=O)C(=O)O)cc2)NC(=O)CON)C(C)C)cc1)C(C)C. The summed E-state index contributed by atoms with van der Waals surface area (Å²) >= 11 is 0. The normalized spacial score (nSPS) is 15.4. The van der Waals surface area contributed by atoms with Crippen LogP contribution in [0.25, 0.3) is 0 Å². The van der Waals surface area contributed by atoms with Crippen LogP contribution >= 0.6 is 0 Å². The molecule has 744 valence electrons. The van der Waals surface area contributed by atoms with Crippen LogP contribution in [0, 0.1) is 47.3 Å². The highest BCUT2D eigenvalue weighted by Crippen LogP contribution is 2.33. The van der Waals surface area contributed by atoms with Crippen molar-refractivity contribution in [3.05, 3.63) is 107 Å². The van der Waals surface area contributed by atoms with Crippen LogP contribution in [0.3, 0.4) is 0 Å². The number of carbonyl (C=O) groups is 18. The maximum Gasteiger partial charge on any atom is 0.410 e. The van der Waals surface area contributed by atoms with Crippen molar-refractivity contribution in [2.24, 2.45) is 59.0 Å². The summed E-state index contributed by atoms with van der Waals surface area (Å²) in [5.74, 6) is -8.97. The first-order valence-corrected chi connectivity index (χ1v) is 45.9. The van der Waals surface area contributed by atoms with E-state index in [-0.39, 0.29) is 183 Å². The average Bonchev–Trinajstić information content (AvgIpc) is 1.40. The average molecular weight is 1880 g/mol. The van der Waals surface area contributed by atoms with Gasteiger partial charge in [0.2, 0.25) is 35.4 Å². The third-order valence-electron chi connectivity index (χ3n) is 24.2. The van der Waals surface area contributed by atoms with Crippen LogP contribution in [0.15, 0.2) is 78.9 Å². The Hall–Kier alpha value is -11.3. The zero-order chi connectivity index (χ0) is 99.8. The summed E-state index contributed by atoms with van der Waals surface area (Å²) < 4.78 is 33.7. The van der Waals surface area contributed by atoms with Crippen molar-refractivity contribution in [1.29, 1.82) is 0 Å². The summed E-state index contributed by atoms with van der Waals surface area (Å²) in [7, 11) is 6.06. The van der Waals surface area contributed by atoms with E-state index in [4.69, 9.17) is 40.4 Å². The molecular weight excluding hydrogens is 1740 g/mol. The lowest BCUT2D eigenvalue weighted by Gasteiger charge is -2.41. The van der Waals surface area contributed by atoms with E-state index >= 15 is 0 Å². The largest absolute Gasteiger partial charge is 0.481 e. The molecule has 4 rings (SSSR count). The van der Waals surface area contributed by atoms with E-state index in [0.717, 1.165) is 5.56 Å². The van der Waals surface area contributed by atoms with Crippen molar-refractivity contribution < 1.29 is 135 Å². The fourth-order valence-corrected chi connectivity index (χ4v) is 16.4. The molecule has 38 nitrogen and oxygen atoms in total. The molecule has 9 amide bonds. The van der Waals surface area contributed by atoms with Crippen LogP contribution in [-0.2, 0) is 131 Å². The predicted molar refractivity (Wildman–Crippen MR) is 489 cm³/mol. The van der Waals surface area contributed by atoms with Gasteiger partial charge in [0.1, 0.15) is 30.8 Å². The van der Waals surface area contributed by atoms with Crippen molar-refractivity contribution in [1.82, 2.24) is 41.3 Å². The van der Waals surface area contributed by atoms with E-state index in [1.54, 1.807) is 100.0 Å². The fraction of sp³-hybridized carbons (Fsp3) is 0.625. The quantitative estimate of drug-likeness (QED) is 0.00878. The molecule has 0 bridgehead atoms. The van der Waals surface area contributed by atoms with Crippen LogP contribution in [0.4, 0.5) is 9.59 Å². The summed E-state index contributed by atoms with van der Waals surface area (Å²) in [6, 6.07) is 14.9. The minimum absolute atomic E-state index is 0.00127. The van der Waals surface area contributed by atoms with Gasteiger partial charge < -0.3 is 90.8 Å². The molecule has 134 heavy (non-hydrogen) atoms. The first-order valence-electron chi connectivity index (χ1n) is 45.9. The first-order chi connectivity index (χ1) is 63.6. The molecule has 38 heteroatoms. The van der Waals surface area contributed by atoms with Gasteiger partial charge in [0, 0.05) is 136 Å². The van der Waals surface area contributed by atoms with Crippen molar-refractivity contribution >= 4 is 107 Å². The molecule has 0 saturated carbocycles. The standard InChI is InChI=1S/C96H142N10O28/c1-14-61(8)89(81(128-12)54-86(117)106-43-20-25-75(106)90(129-13)62(9)77(110)51-68(93(122)123)48-63-22-16-15-17-23-63)104(10)92(121)71(59(4)5)53-80(113)88(60(6)7)105(11)96(127)132-55-66-30-28-65(29-31-66)50-78(111)72(24-18-19-27-82(97)114)101-91(120)70(58(2)3)52-79(112)73(100-84(116)56-134-98)38-39-83(115)99-42-45-131-47-46-130-44-21-26-76(109)67-34-32-64(33-35-67)49-69(108)36-37-74(94(124)125)102-95(126)103-85(133-57-107)40-41-87(118)119/h15-17,22-23,28-35,57-62,68,70-75,81,85,88-90H,14,18-21,24-27,36-56,98H2,1-13H3,(H2,97,114)(H,99,115)(H,100,116)(H,101,120)(H,118,119)(H,122,123)(H,124,125)(H2,102,103,126)/t61-,62-,68+,70-,71-,72-,73?,74-,75-,81+,85+,88-,89-,90+/m0/s1.